The molecule has 0 aliphatic carbocycles. The van der Waals surface area contributed by atoms with Gasteiger partial charge in [-0.25, -0.2) is 0 Å². The molecule has 1 aromatic carbocycles. The predicted molar refractivity (Wildman–Crippen MR) is 92.6 cm³/mol. The van der Waals surface area contributed by atoms with Gasteiger partial charge in [-0.2, -0.15) is 0 Å². The first-order chi connectivity index (χ1) is 12.1. The van der Waals surface area contributed by atoms with Crippen molar-refractivity contribution < 1.29 is 23.8 Å². The SMILES string of the molecule is CCCOC(=O)C[C@H]1C(=O)NCCN1Cc1cc(OC)cc(OC)c1. The Hall–Kier alpha value is -2.28. The van der Waals surface area contributed by atoms with Crippen molar-refractivity contribution in [2.45, 2.75) is 32.4 Å². The maximum Gasteiger partial charge on any atom is 0.307 e. The zero-order valence-corrected chi connectivity index (χ0v) is 15.0. The van der Waals surface area contributed by atoms with Crippen molar-refractivity contribution in [3.63, 3.8) is 0 Å². The molecule has 138 valence electrons. The smallest absolute Gasteiger partial charge is 0.307 e. The maximum absolute atomic E-state index is 12.2. The number of nitrogens with zero attached hydrogens (tertiary/aromatic N) is 1. The summed E-state index contributed by atoms with van der Waals surface area (Å²) in [6.45, 7) is 4.05. The molecule has 1 aliphatic heterocycles. The van der Waals surface area contributed by atoms with Crippen LogP contribution in [0, 0.1) is 0 Å². The molecule has 1 aromatic rings. The molecular weight excluding hydrogens is 324 g/mol. The van der Waals surface area contributed by atoms with Gasteiger partial charge in [-0.05, 0) is 24.1 Å². The van der Waals surface area contributed by atoms with Gasteiger partial charge in [-0.3, -0.25) is 14.5 Å². The summed E-state index contributed by atoms with van der Waals surface area (Å²) in [4.78, 5) is 26.2. The van der Waals surface area contributed by atoms with E-state index in [1.807, 2.05) is 24.0 Å². The van der Waals surface area contributed by atoms with Gasteiger partial charge in [0.15, 0.2) is 0 Å². The van der Waals surface area contributed by atoms with E-state index in [4.69, 9.17) is 14.2 Å². The lowest BCUT2D eigenvalue weighted by molar-refractivity contribution is -0.148. The van der Waals surface area contributed by atoms with Crippen LogP contribution >= 0.6 is 0 Å². The van der Waals surface area contributed by atoms with Gasteiger partial charge in [0.05, 0.1) is 27.2 Å². The Balaban J connectivity index is 2.11. The molecule has 1 saturated heterocycles. The lowest BCUT2D eigenvalue weighted by Crippen LogP contribution is -2.55. The second-order valence-corrected chi connectivity index (χ2v) is 5.92. The molecule has 0 saturated carbocycles. The number of benzene rings is 1. The minimum Gasteiger partial charge on any atom is -0.497 e. The number of esters is 1. The number of rotatable bonds is 8. The number of methoxy groups -OCH3 is 2. The van der Waals surface area contributed by atoms with Crippen LogP contribution in [0.3, 0.4) is 0 Å². The van der Waals surface area contributed by atoms with Gasteiger partial charge in [-0.15, -0.1) is 0 Å². The number of hydrogen-bond donors (Lipinski definition) is 1. The molecule has 1 fully saturated rings. The minimum absolute atomic E-state index is 0.0485. The summed E-state index contributed by atoms with van der Waals surface area (Å²) < 4.78 is 15.7. The number of amides is 1. The highest BCUT2D eigenvalue weighted by molar-refractivity contribution is 5.87. The molecule has 2 rings (SSSR count). The number of hydrogen-bond acceptors (Lipinski definition) is 6. The highest BCUT2D eigenvalue weighted by Crippen LogP contribution is 2.24. The normalized spacial score (nSPS) is 17.7. The third kappa shape index (κ3) is 5.35. The van der Waals surface area contributed by atoms with E-state index in [1.54, 1.807) is 20.3 Å². The van der Waals surface area contributed by atoms with Gasteiger partial charge in [0, 0.05) is 25.7 Å². The van der Waals surface area contributed by atoms with Crippen LogP contribution < -0.4 is 14.8 Å². The maximum atomic E-state index is 12.2. The van der Waals surface area contributed by atoms with Crippen molar-refractivity contribution in [2.75, 3.05) is 33.9 Å². The number of ether oxygens (including phenoxy) is 3. The van der Waals surface area contributed by atoms with Gasteiger partial charge < -0.3 is 19.5 Å². The summed E-state index contributed by atoms with van der Waals surface area (Å²) in [5.41, 5.74) is 0.956. The Morgan fingerprint density at radius 3 is 2.52 bits per heavy atom. The Bertz CT molecular complexity index is 583. The number of nitrogens with one attached hydrogen (secondary N) is 1. The molecule has 1 N–H and O–H groups in total. The summed E-state index contributed by atoms with van der Waals surface area (Å²) in [7, 11) is 3.19. The minimum atomic E-state index is -0.532. The summed E-state index contributed by atoms with van der Waals surface area (Å²) in [5.74, 6) is 0.885. The molecule has 0 aromatic heterocycles. The monoisotopic (exact) mass is 350 g/mol. The molecule has 1 heterocycles. The summed E-state index contributed by atoms with van der Waals surface area (Å²) >= 11 is 0. The Kier molecular flexibility index (Phi) is 7.06. The third-order valence-corrected chi connectivity index (χ3v) is 4.07. The zero-order chi connectivity index (χ0) is 18.2. The molecule has 1 atom stereocenters. The second kappa shape index (κ2) is 9.27. The highest BCUT2D eigenvalue weighted by Gasteiger charge is 2.32. The van der Waals surface area contributed by atoms with E-state index in [0.717, 1.165) is 12.0 Å². The van der Waals surface area contributed by atoms with Crippen molar-refractivity contribution >= 4 is 11.9 Å². The summed E-state index contributed by atoms with van der Waals surface area (Å²) in [6.07, 6.45) is 0.808. The molecular formula is C18H26N2O5. The highest BCUT2D eigenvalue weighted by atomic mass is 16.5. The number of carbonyl (C=O) groups excluding carboxylic acids is 2. The van der Waals surface area contributed by atoms with Gasteiger partial charge in [0.1, 0.15) is 17.5 Å². The van der Waals surface area contributed by atoms with Crippen LogP contribution in [0.25, 0.3) is 0 Å². The molecule has 0 radical (unpaired) electrons. The number of piperazine rings is 1. The molecule has 0 spiro atoms. The summed E-state index contributed by atoms with van der Waals surface area (Å²) in [6, 6.07) is 5.07. The molecule has 1 aliphatic rings. The molecule has 25 heavy (non-hydrogen) atoms. The first-order valence-electron chi connectivity index (χ1n) is 8.46. The standard InChI is InChI=1S/C18H26N2O5/c1-4-7-25-17(21)11-16-18(22)19-5-6-20(16)12-13-8-14(23-2)10-15(9-13)24-3/h8-10,16H,4-7,11-12H2,1-3H3,(H,19,22)/t16-/m0/s1. The Labute approximate surface area is 148 Å². The van der Waals surface area contributed by atoms with Crippen LogP contribution in [0.2, 0.25) is 0 Å². The van der Waals surface area contributed by atoms with Gasteiger partial charge >= 0.3 is 5.97 Å². The first kappa shape index (κ1) is 19.1. The zero-order valence-electron chi connectivity index (χ0n) is 15.0. The van der Waals surface area contributed by atoms with Crippen LogP contribution in [0.15, 0.2) is 18.2 Å². The van der Waals surface area contributed by atoms with E-state index in [-0.39, 0.29) is 18.3 Å². The van der Waals surface area contributed by atoms with Crippen LogP contribution in [-0.2, 0) is 20.9 Å². The third-order valence-electron chi connectivity index (χ3n) is 4.07. The fraction of sp³-hybridized carbons (Fsp3) is 0.556. The van der Waals surface area contributed by atoms with Gasteiger partial charge in [0.2, 0.25) is 5.91 Å². The quantitative estimate of drug-likeness (QED) is 0.713. The van der Waals surface area contributed by atoms with E-state index in [2.05, 4.69) is 5.32 Å². The van der Waals surface area contributed by atoms with E-state index >= 15 is 0 Å². The van der Waals surface area contributed by atoms with Crippen molar-refractivity contribution in [3.8, 4) is 11.5 Å². The van der Waals surface area contributed by atoms with E-state index in [0.29, 0.717) is 37.7 Å². The molecule has 0 unspecified atom stereocenters. The average Bonchev–Trinajstić information content (AvgIpc) is 2.62. The van der Waals surface area contributed by atoms with E-state index < -0.39 is 6.04 Å². The Morgan fingerprint density at radius 2 is 1.92 bits per heavy atom. The van der Waals surface area contributed by atoms with Crippen molar-refractivity contribution in [2.24, 2.45) is 0 Å². The number of carbonyl (C=O) groups is 2. The lowest BCUT2D eigenvalue weighted by Gasteiger charge is -2.34. The van der Waals surface area contributed by atoms with E-state index in [9.17, 15) is 9.59 Å². The van der Waals surface area contributed by atoms with Crippen LogP contribution in [0.5, 0.6) is 11.5 Å². The predicted octanol–water partition coefficient (Wildman–Crippen LogP) is 1.35. The molecule has 7 nitrogen and oxygen atoms in total. The first-order valence-corrected chi connectivity index (χ1v) is 8.46. The van der Waals surface area contributed by atoms with Crippen molar-refractivity contribution in [1.82, 2.24) is 10.2 Å². The van der Waals surface area contributed by atoms with E-state index in [1.165, 1.54) is 0 Å². The molecule has 1 amide bonds. The van der Waals surface area contributed by atoms with Crippen molar-refractivity contribution in [3.05, 3.63) is 23.8 Å². The second-order valence-electron chi connectivity index (χ2n) is 5.92. The van der Waals surface area contributed by atoms with Crippen molar-refractivity contribution in [1.29, 1.82) is 0 Å². The fourth-order valence-corrected chi connectivity index (χ4v) is 2.80. The van der Waals surface area contributed by atoms with Crippen LogP contribution in [-0.4, -0.2) is 56.7 Å². The molecule has 0 bridgehead atoms. The topological polar surface area (TPSA) is 77.1 Å². The average molecular weight is 350 g/mol. The van der Waals surface area contributed by atoms with Crippen LogP contribution in [0.1, 0.15) is 25.3 Å². The summed E-state index contributed by atoms with van der Waals surface area (Å²) in [5, 5.41) is 2.82. The molecule has 7 heteroatoms. The Morgan fingerprint density at radius 1 is 1.24 bits per heavy atom. The van der Waals surface area contributed by atoms with Gasteiger partial charge in [-0.1, -0.05) is 6.92 Å². The van der Waals surface area contributed by atoms with Gasteiger partial charge in [0.25, 0.3) is 0 Å². The van der Waals surface area contributed by atoms with Crippen LogP contribution in [0.4, 0.5) is 0 Å². The largest absolute Gasteiger partial charge is 0.497 e. The lowest BCUT2D eigenvalue weighted by atomic mass is 10.1. The fourth-order valence-electron chi connectivity index (χ4n) is 2.80.